The first-order valence-electron chi connectivity index (χ1n) is 6.03. The Bertz CT molecular complexity index is 626. The second-order valence-corrected chi connectivity index (χ2v) is 6.60. The number of rotatable bonds is 5. The zero-order valence-corrected chi connectivity index (χ0v) is 12.7. The molecule has 0 radical (unpaired) electrons. The fraction of sp³-hybridized carbons (Fsp3) is 0.417. The van der Waals surface area contributed by atoms with Crippen molar-refractivity contribution in [3.8, 4) is 0 Å². The van der Waals surface area contributed by atoms with Crippen LogP contribution in [0.25, 0.3) is 0 Å². The van der Waals surface area contributed by atoms with E-state index < -0.39 is 32.5 Å². The molecule has 6 nitrogen and oxygen atoms in total. The Hall–Kier alpha value is -1.74. The van der Waals surface area contributed by atoms with Gasteiger partial charge in [0.25, 0.3) is 0 Å². The van der Waals surface area contributed by atoms with E-state index in [1.807, 2.05) is 0 Å². The van der Waals surface area contributed by atoms with Crippen molar-refractivity contribution in [1.82, 2.24) is 9.62 Å². The van der Waals surface area contributed by atoms with E-state index in [0.717, 1.165) is 23.5 Å². The maximum atomic E-state index is 13.7. The zero-order valence-electron chi connectivity index (χ0n) is 11.9. The summed E-state index contributed by atoms with van der Waals surface area (Å²) in [7, 11) is -1.85. The van der Waals surface area contributed by atoms with Gasteiger partial charge in [-0.15, -0.1) is 0 Å². The average molecular weight is 321 g/mol. The van der Waals surface area contributed by atoms with E-state index in [1.54, 1.807) is 0 Å². The predicted octanol–water partition coefficient (Wildman–Crippen LogP) is 0.550. The molecule has 1 atom stereocenters. The Morgan fingerprint density at radius 2 is 1.86 bits per heavy atom. The van der Waals surface area contributed by atoms with Gasteiger partial charge in [-0.2, -0.15) is 4.31 Å². The number of hydrogen-bond acceptors (Lipinski definition) is 4. The van der Waals surface area contributed by atoms with Crippen molar-refractivity contribution in [2.24, 2.45) is 5.92 Å². The molecule has 1 amide bonds. The molecule has 0 aliphatic carbocycles. The summed E-state index contributed by atoms with van der Waals surface area (Å²) in [5, 5.41) is 2.37. The molecule has 0 bridgehead atoms. The van der Waals surface area contributed by atoms with E-state index in [4.69, 9.17) is 5.73 Å². The van der Waals surface area contributed by atoms with Gasteiger partial charge in [-0.25, -0.2) is 17.2 Å². The van der Waals surface area contributed by atoms with Crippen molar-refractivity contribution in [2.75, 3.05) is 26.4 Å². The fourth-order valence-electron chi connectivity index (χ4n) is 1.79. The number of benzene rings is 1. The van der Waals surface area contributed by atoms with Crippen molar-refractivity contribution in [3.63, 3.8) is 0 Å². The first-order valence-corrected chi connectivity index (χ1v) is 7.47. The molecule has 1 unspecified atom stereocenters. The minimum atomic E-state index is -4.41. The lowest BCUT2D eigenvalue weighted by Crippen LogP contribution is -2.37. The van der Waals surface area contributed by atoms with E-state index in [2.05, 4.69) is 5.32 Å². The zero-order chi connectivity index (χ0) is 16.4. The number of halogens is 2. The van der Waals surface area contributed by atoms with Crippen molar-refractivity contribution >= 4 is 21.6 Å². The minimum absolute atomic E-state index is 0.217. The summed E-state index contributed by atoms with van der Waals surface area (Å²) in [5.41, 5.74) is 5.03. The molecule has 21 heavy (non-hydrogen) atoms. The van der Waals surface area contributed by atoms with E-state index in [-0.39, 0.29) is 18.1 Å². The van der Waals surface area contributed by atoms with Crippen LogP contribution >= 0.6 is 0 Å². The molecule has 9 heteroatoms. The molecule has 118 valence electrons. The molecular formula is C12H17F2N3O3S. The summed E-state index contributed by atoms with van der Waals surface area (Å²) in [6.45, 7) is 1.28. The highest BCUT2D eigenvalue weighted by atomic mass is 32.2. The molecule has 0 saturated carbocycles. The van der Waals surface area contributed by atoms with Crippen LogP contribution in [0.1, 0.15) is 6.92 Å². The van der Waals surface area contributed by atoms with Crippen molar-refractivity contribution in [1.29, 1.82) is 0 Å². The fourth-order valence-corrected chi connectivity index (χ4v) is 3.14. The second-order valence-electron chi connectivity index (χ2n) is 4.61. The monoisotopic (exact) mass is 321 g/mol. The van der Waals surface area contributed by atoms with E-state index in [0.29, 0.717) is 0 Å². The van der Waals surface area contributed by atoms with Crippen LogP contribution in [0.2, 0.25) is 0 Å². The Balaban J connectivity index is 3.15. The first-order chi connectivity index (χ1) is 9.61. The maximum absolute atomic E-state index is 13.7. The van der Waals surface area contributed by atoms with Crippen LogP contribution < -0.4 is 11.1 Å². The minimum Gasteiger partial charge on any atom is -0.399 e. The molecule has 0 aliphatic heterocycles. The predicted molar refractivity (Wildman–Crippen MR) is 73.8 cm³/mol. The number of anilines is 1. The number of carbonyl (C=O) groups excluding carboxylic acids is 1. The van der Waals surface area contributed by atoms with Gasteiger partial charge in [-0.3, -0.25) is 4.79 Å². The molecule has 0 fully saturated rings. The summed E-state index contributed by atoms with van der Waals surface area (Å²) < 4.78 is 52.6. The third-order valence-electron chi connectivity index (χ3n) is 2.91. The molecule has 1 aromatic carbocycles. The summed E-state index contributed by atoms with van der Waals surface area (Å²) in [6.07, 6.45) is 0. The van der Waals surface area contributed by atoms with Crippen LogP contribution in [0.3, 0.4) is 0 Å². The highest BCUT2D eigenvalue weighted by molar-refractivity contribution is 7.89. The number of nitrogen functional groups attached to an aromatic ring is 1. The molecule has 0 spiro atoms. The summed E-state index contributed by atoms with van der Waals surface area (Å²) in [5.74, 6) is -3.59. The van der Waals surface area contributed by atoms with E-state index in [9.17, 15) is 22.0 Å². The van der Waals surface area contributed by atoms with Gasteiger partial charge in [0.15, 0.2) is 4.90 Å². The van der Waals surface area contributed by atoms with Gasteiger partial charge in [0.1, 0.15) is 11.6 Å². The lowest BCUT2D eigenvalue weighted by atomic mass is 10.2. The highest BCUT2D eigenvalue weighted by Gasteiger charge is 2.30. The highest BCUT2D eigenvalue weighted by Crippen LogP contribution is 2.24. The molecule has 0 heterocycles. The van der Waals surface area contributed by atoms with Gasteiger partial charge < -0.3 is 11.1 Å². The Morgan fingerprint density at radius 3 is 2.29 bits per heavy atom. The van der Waals surface area contributed by atoms with E-state index >= 15 is 0 Å². The normalized spacial score (nSPS) is 13.2. The van der Waals surface area contributed by atoms with Gasteiger partial charge >= 0.3 is 0 Å². The smallest absolute Gasteiger partial charge is 0.248 e. The van der Waals surface area contributed by atoms with Gasteiger partial charge in [0.2, 0.25) is 15.9 Å². The summed E-state index contributed by atoms with van der Waals surface area (Å²) >= 11 is 0. The lowest BCUT2D eigenvalue weighted by Gasteiger charge is -2.21. The number of nitrogens with zero attached hydrogens (tertiary/aromatic N) is 1. The third kappa shape index (κ3) is 3.67. The molecular weight excluding hydrogens is 304 g/mol. The third-order valence-corrected chi connectivity index (χ3v) is 4.79. The number of nitrogens with one attached hydrogen (secondary N) is 1. The van der Waals surface area contributed by atoms with Crippen molar-refractivity contribution in [3.05, 3.63) is 23.8 Å². The quantitative estimate of drug-likeness (QED) is 0.775. The van der Waals surface area contributed by atoms with Crippen LogP contribution in [0.5, 0.6) is 0 Å². The Labute approximate surface area is 122 Å². The summed E-state index contributed by atoms with van der Waals surface area (Å²) in [6, 6.07) is 1.46. The SMILES string of the molecule is CNC(=O)C(C)CN(C)S(=O)(=O)c1c(F)cc(N)cc1F. The van der Waals surface area contributed by atoms with Gasteiger partial charge in [-0.05, 0) is 12.1 Å². The average Bonchev–Trinajstić information content (AvgIpc) is 2.35. The standard InChI is InChI=1S/C12H17F2N3O3S/c1-7(12(18)16-2)6-17(3)21(19,20)11-9(13)4-8(15)5-10(11)14/h4-5,7H,6,15H2,1-3H3,(H,16,18). The van der Waals surface area contributed by atoms with Crippen LogP contribution in [0.15, 0.2) is 17.0 Å². The number of carbonyl (C=O) groups is 1. The molecule has 0 aliphatic rings. The van der Waals surface area contributed by atoms with Crippen LogP contribution in [-0.2, 0) is 14.8 Å². The Morgan fingerprint density at radius 1 is 1.38 bits per heavy atom. The molecule has 0 aromatic heterocycles. The first kappa shape index (κ1) is 17.3. The Kier molecular flexibility index (Phi) is 5.24. The molecule has 1 rings (SSSR count). The number of amides is 1. The van der Waals surface area contributed by atoms with Gasteiger partial charge in [0, 0.05) is 32.2 Å². The summed E-state index contributed by atoms with van der Waals surface area (Å²) in [4.78, 5) is 10.3. The number of nitrogens with two attached hydrogens (primary N) is 1. The molecule has 3 N–H and O–H groups in total. The number of hydrogen-bond donors (Lipinski definition) is 2. The van der Waals surface area contributed by atoms with Crippen LogP contribution in [0, 0.1) is 17.6 Å². The van der Waals surface area contributed by atoms with Gasteiger partial charge in [-0.1, -0.05) is 6.92 Å². The topological polar surface area (TPSA) is 92.5 Å². The van der Waals surface area contributed by atoms with E-state index in [1.165, 1.54) is 14.0 Å². The van der Waals surface area contributed by atoms with Crippen molar-refractivity contribution < 1.29 is 22.0 Å². The van der Waals surface area contributed by atoms with Crippen LogP contribution in [-0.4, -0.2) is 39.3 Å². The van der Waals surface area contributed by atoms with Crippen molar-refractivity contribution in [2.45, 2.75) is 11.8 Å². The lowest BCUT2D eigenvalue weighted by molar-refractivity contribution is -0.124. The second kappa shape index (κ2) is 6.35. The van der Waals surface area contributed by atoms with Crippen LogP contribution in [0.4, 0.5) is 14.5 Å². The molecule has 1 aromatic rings. The largest absolute Gasteiger partial charge is 0.399 e. The number of sulfonamides is 1. The van der Waals surface area contributed by atoms with Gasteiger partial charge in [0.05, 0.1) is 0 Å². The molecule has 0 saturated heterocycles. The maximum Gasteiger partial charge on any atom is 0.248 e.